The van der Waals surface area contributed by atoms with Crippen molar-refractivity contribution in [2.24, 2.45) is 0 Å². The van der Waals surface area contributed by atoms with Gasteiger partial charge in [-0.25, -0.2) is 0 Å². The van der Waals surface area contributed by atoms with Crippen LogP contribution in [0.2, 0.25) is 0 Å². The standard InChI is InChI=1S/C20H26N4O/c1-16-4-3-5-19(11-16)22-20(25)15-24-8-6-23(7-9-24)14-18-10-17(2)12-21-13-18/h3-5,10-13H,6-9,14-15H2,1-2H3,(H,22,25). The Morgan fingerprint density at radius 3 is 2.52 bits per heavy atom. The SMILES string of the molecule is Cc1cncc(CN2CCN(CC(=O)Nc3cccc(C)c3)CC2)c1. The van der Waals surface area contributed by atoms with E-state index in [0.29, 0.717) is 6.54 Å². The zero-order chi connectivity index (χ0) is 17.6. The van der Waals surface area contributed by atoms with Crippen LogP contribution in [0.15, 0.2) is 42.7 Å². The first-order valence-corrected chi connectivity index (χ1v) is 8.80. The molecule has 0 spiro atoms. The Morgan fingerprint density at radius 1 is 1.04 bits per heavy atom. The van der Waals surface area contributed by atoms with Gasteiger partial charge in [-0.2, -0.15) is 0 Å². The second-order valence-electron chi connectivity index (χ2n) is 6.84. The summed E-state index contributed by atoms with van der Waals surface area (Å²) in [7, 11) is 0. The molecule has 0 unspecified atom stereocenters. The number of amides is 1. The largest absolute Gasteiger partial charge is 0.325 e. The molecular weight excluding hydrogens is 312 g/mol. The Kier molecular flexibility index (Phi) is 5.79. The van der Waals surface area contributed by atoms with Crippen LogP contribution in [0.4, 0.5) is 5.69 Å². The van der Waals surface area contributed by atoms with Crippen molar-refractivity contribution in [3.63, 3.8) is 0 Å². The molecule has 3 rings (SSSR count). The molecule has 2 heterocycles. The maximum atomic E-state index is 12.2. The summed E-state index contributed by atoms with van der Waals surface area (Å²) in [5.74, 6) is 0.0573. The molecule has 132 valence electrons. The highest BCUT2D eigenvalue weighted by molar-refractivity contribution is 5.92. The number of nitrogens with one attached hydrogen (secondary N) is 1. The molecule has 1 N–H and O–H groups in total. The fraction of sp³-hybridized carbons (Fsp3) is 0.400. The van der Waals surface area contributed by atoms with Crippen LogP contribution in [-0.2, 0) is 11.3 Å². The number of piperazine rings is 1. The molecule has 0 radical (unpaired) electrons. The normalized spacial score (nSPS) is 15.9. The molecule has 0 bridgehead atoms. The predicted octanol–water partition coefficient (Wildman–Crippen LogP) is 2.45. The highest BCUT2D eigenvalue weighted by Crippen LogP contribution is 2.11. The van der Waals surface area contributed by atoms with E-state index in [9.17, 15) is 4.79 Å². The number of aryl methyl sites for hydroxylation is 2. The minimum atomic E-state index is 0.0573. The van der Waals surface area contributed by atoms with Crippen molar-refractivity contribution >= 4 is 11.6 Å². The van der Waals surface area contributed by atoms with Crippen LogP contribution in [0.3, 0.4) is 0 Å². The van der Waals surface area contributed by atoms with E-state index in [4.69, 9.17) is 0 Å². The number of aromatic nitrogens is 1. The number of carbonyl (C=O) groups is 1. The molecular formula is C20H26N4O. The molecule has 1 fully saturated rings. The second kappa shape index (κ2) is 8.23. The Labute approximate surface area is 149 Å². The van der Waals surface area contributed by atoms with Gasteiger partial charge in [-0.15, -0.1) is 0 Å². The van der Waals surface area contributed by atoms with Gasteiger partial charge >= 0.3 is 0 Å². The molecule has 1 aliphatic heterocycles. The van der Waals surface area contributed by atoms with Crippen LogP contribution < -0.4 is 5.32 Å². The molecule has 1 aliphatic rings. The van der Waals surface area contributed by atoms with Crippen LogP contribution in [0.5, 0.6) is 0 Å². The first kappa shape index (κ1) is 17.6. The zero-order valence-corrected chi connectivity index (χ0v) is 15.0. The topological polar surface area (TPSA) is 48.5 Å². The van der Waals surface area contributed by atoms with Crippen molar-refractivity contribution in [3.8, 4) is 0 Å². The van der Waals surface area contributed by atoms with E-state index < -0.39 is 0 Å². The van der Waals surface area contributed by atoms with Gasteiger partial charge in [0.1, 0.15) is 0 Å². The lowest BCUT2D eigenvalue weighted by molar-refractivity contribution is -0.117. The highest BCUT2D eigenvalue weighted by atomic mass is 16.2. The molecule has 2 aromatic rings. The number of benzene rings is 1. The number of carbonyl (C=O) groups excluding carboxylic acids is 1. The molecule has 5 heteroatoms. The van der Waals surface area contributed by atoms with Gasteiger partial charge in [0.2, 0.25) is 5.91 Å². The quantitative estimate of drug-likeness (QED) is 0.910. The Hall–Kier alpha value is -2.24. The average molecular weight is 338 g/mol. The van der Waals surface area contributed by atoms with Crippen LogP contribution in [0.25, 0.3) is 0 Å². The lowest BCUT2D eigenvalue weighted by Crippen LogP contribution is -2.48. The molecule has 1 saturated heterocycles. The third-order valence-corrected chi connectivity index (χ3v) is 4.47. The second-order valence-corrected chi connectivity index (χ2v) is 6.84. The average Bonchev–Trinajstić information content (AvgIpc) is 2.57. The maximum Gasteiger partial charge on any atom is 0.238 e. The third-order valence-electron chi connectivity index (χ3n) is 4.47. The van der Waals surface area contributed by atoms with Crippen molar-refractivity contribution in [2.45, 2.75) is 20.4 Å². The van der Waals surface area contributed by atoms with Crippen LogP contribution in [-0.4, -0.2) is 53.4 Å². The van der Waals surface area contributed by atoms with Gasteiger partial charge < -0.3 is 5.32 Å². The van der Waals surface area contributed by atoms with Gasteiger partial charge in [0.25, 0.3) is 0 Å². The molecule has 1 aromatic heterocycles. The van der Waals surface area contributed by atoms with E-state index in [0.717, 1.165) is 44.0 Å². The van der Waals surface area contributed by atoms with E-state index in [1.807, 2.05) is 43.6 Å². The predicted molar refractivity (Wildman–Crippen MR) is 100 cm³/mol. The van der Waals surface area contributed by atoms with Crippen molar-refractivity contribution in [1.29, 1.82) is 0 Å². The number of pyridine rings is 1. The highest BCUT2D eigenvalue weighted by Gasteiger charge is 2.19. The number of rotatable bonds is 5. The monoisotopic (exact) mass is 338 g/mol. The van der Waals surface area contributed by atoms with Gasteiger partial charge in [-0.05, 0) is 42.7 Å². The Morgan fingerprint density at radius 2 is 1.80 bits per heavy atom. The first-order chi connectivity index (χ1) is 12.1. The summed E-state index contributed by atoms with van der Waals surface area (Å²) < 4.78 is 0. The summed E-state index contributed by atoms with van der Waals surface area (Å²) in [6.45, 7) is 9.27. The van der Waals surface area contributed by atoms with Crippen LogP contribution in [0.1, 0.15) is 16.7 Å². The van der Waals surface area contributed by atoms with Gasteiger partial charge in [-0.3, -0.25) is 19.6 Å². The molecule has 25 heavy (non-hydrogen) atoms. The van der Waals surface area contributed by atoms with Gasteiger partial charge in [0, 0.05) is 50.8 Å². The van der Waals surface area contributed by atoms with E-state index in [2.05, 4.69) is 33.1 Å². The van der Waals surface area contributed by atoms with Crippen molar-refractivity contribution in [1.82, 2.24) is 14.8 Å². The first-order valence-electron chi connectivity index (χ1n) is 8.80. The van der Waals surface area contributed by atoms with Crippen molar-refractivity contribution in [2.75, 3.05) is 38.0 Å². The summed E-state index contributed by atoms with van der Waals surface area (Å²) in [6, 6.07) is 10.1. The minimum absolute atomic E-state index is 0.0573. The summed E-state index contributed by atoms with van der Waals surface area (Å²) in [5, 5.41) is 2.98. The van der Waals surface area contributed by atoms with Crippen LogP contribution in [0, 0.1) is 13.8 Å². The number of hydrogen-bond acceptors (Lipinski definition) is 4. The van der Waals surface area contributed by atoms with E-state index >= 15 is 0 Å². The van der Waals surface area contributed by atoms with Crippen LogP contribution >= 0.6 is 0 Å². The van der Waals surface area contributed by atoms with E-state index in [1.54, 1.807) is 0 Å². The molecule has 0 atom stereocenters. The molecule has 0 saturated carbocycles. The van der Waals surface area contributed by atoms with Crippen molar-refractivity contribution in [3.05, 3.63) is 59.4 Å². The summed E-state index contributed by atoms with van der Waals surface area (Å²) in [4.78, 5) is 21.1. The van der Waals surface area contributed by atoms with Gasteiger partial charge in [0.15, 0.2) is 0 Å². The van der Waals surface area contributed by atoms with Gasteiger partial charge in [0.05, 0.1) is 6.54 Å². The summed E-state index contributed by atoms with van der Waals surface area (Å²) >= 11 is 0. The zero-order valence-electron chi connectivity index (χ0n) is 15.0. The van der Waals surface area contributed by atoms with Crippen molar-refractivity contribution < 1.29 is 4.79 Å². The Bertz CT molecular complexity index is 723. The summed E-state index contributed by atoms with van der Waals surface area (Å²) in [6.07, 6.45) is 3.82. The van der Waals surface area contributed by atoms with Gasteiger partial charge in [-0.1, -0.05) is 18.2 Å². The number of hydrogen-bond donors (Lipinski definition) is 1. The third kappa shape index (κ3) is 5.37. The van der Waals surface area contributed by atoms with E-state index in [1.165, 1.54) is 11.1 Å². The number of anilines is 1. The summed E-state index contributed by atoms with van der Waals surface area (Å²) in [5.41, 5.74) is 4.47. The minimum Gasteiger partial charge on any atom is -0.325 e. The van der Waals surface area contributed by atoms with E-state index in [-0.39, 0.29) is 5.91 Å². The molecule has 1 amide bonds. The molecule has 1 aromatic carbocycles. The maximum absolute atomic E-state index is 12.2. The Balaban J connectivity index is 1.43. The fourth-order valence-corrected chi connectivity index (χ4v) is 3.19. The molecule has 0 aliphatic carbocycles. The molecule has 5 nitrogen and oxygen atoms in total. The smallest absolute Gasteiger partial charge is 0.238 e. The number of nitrogens with zero attached hydrogens (tertiary/aromatic N) is 3. The lowest BCUT2D eigenvalue weighted by Gasteiger charge is -2.34. The fourth-order valence-electron chi connectivity index (χ4n) is 3.19. The lowest BCUT2D eigenvalue weighted by atomic mass is 10.2.